The van der Waals surface area contributed by atoms with E-state index >= 15 is 0 Å². The van der Waals surface area contributed by atoms with Gasteiger partial charge in [-0.15, -0.1) is 0 Å². The number of hydrogen-bond acceptors (Lipinski definition) is 4. The van der Waals surface area contributed by atoms with Crippen LogP contribution in [0.2, 0.25) is 0 Å². The summed E-state index contributed by atoms with van der Waals surface area (Å²) in [5, 5.41) is 3.34. The number of nitrogens with zero attached hydrogens (tertiary/aromatic N) is 1. The lowest BCUT2D eigenvalue weighted by molar-refractivity contribution is -0.124. The molecular formula is C14H12N2O3. The van der Waals surface area contributed by atoms with Gasteiger partial charge >= 0.3 is 0 Å². The van der Waals surface area contributed by atoms with Crippen molar-refractivity contribution in [2.24, 2.45) is 0 Å². The molecule has 0 saturated heterocycles. The van der Waals surface area contributed by atoms with Crippen molar-refractivity contribution in [1.82, 2.24) is 4.98 Å². The fraction of sp³-hybridized carbons (Fsp3) is 0.143. The van der Waals surface area contributed by atoms with Crippen LogP contribution in [0.1, 0.15) is 23.7 Å². The van der Waals surface area contributed by atoms with Crippen LogP contribution in [-0.4, -0.2) is 23.0 Å². The Bertz CT molecular complexity index is 665. The molecule has 0 spiro atoms. The number of fused-ring (bicyclic) bond motifs is 1. The van der Waals surface area contributed by atoms with Gasteiger partial charge in [-0.25, -0.2) is 0 Å². The topological polar surface area (TPSA) is 76.1 Å². The lowest BCUT2D eigenvalue weighted by Gasteiger charge is -2.06. The molecule has 0 saturated carbocycles. The van der Waals surface area contributed by atoms with Crippen molar-refractivity contribution in [3.8, 4) is 0 Å². The highest BCUT2D eigenvalue weighted by Crippen LogP contribution is 2.19. The van der Waals surface area contributed by atoms with Crippen molar-refractivity contribution in [2.45, 2.75) is 13.3 Å². The van der Waals surface area contributed by atoms with Crippen LogP contribution < -0.4 is 5.32 Å². The van der Waals surface area contributed by atoms with E-state index in [9.17, 15) is 14.4 Å². The zero-order valence-electron chi connectivity index (χ0n) is 10.3. The number of aromatic nitrogens is 1. The zero-order chi connectivity index (χ0) is 13.8. The standard InChI is InChI=1S/C14H12N2O3/c1-9(18)6-14(19)16-11-2-3-12-10(8-17)4-5-15-13(12)7-11/h2-5,7-8H,6H2,1H3,(H,16,19). The second-order valence-corrected chi connectivity index (χ2v) is 4.18. The third-order valence-corrected chi connectivity index (χ3v) is 2.60. The Morgan fingerprint density at radius 1 is 1.32 bits per heavy atom. The van der Waals surface area contributed by atoms with E-state index in [2.05, 4.69) is 10.3 Å². The smallest absolute Gasteiger partial charge is 0.231 e. The number of benzene rings is 1. The molecule has 0 aliphatic carbocycles. The molecule has 0 unspecified atom stereocenters. The first kappa shape index (κ1) is 12.9. The first-order chi connectivity index (χ1) is 9.10. The van der Waals surface area contributed by atoms with Gasteiger partial charge in [0.15, 0.2) is 6.29 Å². The summed E-state index contributed by atoms with van der Waals surface area (Å²) in [4.78, 5) is 37.3. The summed E-state index contributed by atoms with van der Waals surface area (Å²) < 4.78 is 0. The molecule has 5 heteroatoms. The number of anilines is 1. The Morgan fingerprint density at radius 2 is 2.11 bits per heavy atom. The maximum atomic E-state index is 11.5. The van der Waals surface area contributed by atoms with E-state index < -0.39 is 0 Å². The molecule has 0 aliphatic heterocycles. The number of amides is 1. The molecule has 19 heavy (non-hydrogen) atoms. The van der Waals surface area contributed by atoms with E-state index in [4.69, 9.17) is 0 Å². The maximum absolute atomic E-state index is 11.5. The predicted octanol–water partition coefficient (Wildman–Crippen LogP) is 1.96. The normalized spacial score (nSPS) is 10.2. The second-order valence-electron chi connectivity index (χ2n) is 4.18. The molecule has 1 aromatic heterocycles. The van der Waals surface area contributed by atoms with Gasteiger partial charge in [-0.05, 0) is 25.1 Å². The highest BCUT2D eigenvalue weighted by Gasteiger charge is 2.07. The summed E-state index contributed by atoms with van der Waals surface area (Å²) in [5.41, 5.74) is 1.71. The van der Waals surface area contributed by atoms with Crippen molar-refractivity contribution in [1.29, 1.82) is 0 Å². The summed E-state index contributed by atoms with van der Waals surface area (Å²) >= 11 is 0. The first-order valence-corrected chi connectivity index (χ1v) is 5.73. The van der Waals surface area contributed by atoms with E-state index in [1.807, 2.05) is 0 Å². The van der Waals surface area contributed by atoms with Gasteiger partial charge in [-0.3, -0.25) is 19.4 Å². The monoisotopic (exact) mass is 256 g/mol. The minimum absolute atomic E-state index is 0.153. The number of aldehydes is 1. The van der Waals surface area contributed by atoms with E-state index in [-0.39, 0.29) is 18.1 Å². The molecule has 96 valence electrons. The molecule has 2 rings (SSSR count). The van der Waals surface area contributed by atoms with Gasteiger partial charge in [0.05, 0.1) is 11.9 Å². The van der Waals surface area contributed by atoms with Gasteiger partial charge in [0.2, 0.25) is 5.91 Å². The molecule has 0 radical (unpaired) electrons. The Morgan fingerprint density at radius 3 is 2.79 bits per heavy atom. The highest BCUT2D eigenvalue weighted by atomic mass is 16.2. The minimum atomic E-state index is -0.363. The number of pyridine rings is 1. The molecule has 0 fully saturated rings. The minimum Gasteiger partial charge on any atom is -0.326 e. The van der Waals surface area contributed by atoms with Gasteiger partial charge in [0.25, 0.3) is 0 Å². The Balaban J connectivity index is 2.29. The Hall–Kier alpha value is -2.56. The molecule has 1 N–H and O–H groups in total. The van der Waals surface area contributed by atoms with Crippen molar-refractivity contribution in [3.05, 3.63) is 36.0 Å². The third-order valence-electron chi connectivity index (χ3n) is 2.60. The van der Waals surface area contributed by atoms with Crippen LogP contribution in [0, 0.1) is 0 Å². The number of carbonyl (C=O) groups is 3. The Kier molecular flexibility index (Phi) is 3.66. The van der Waals surface area contributed by atoms with Crippen LogP contribution in [-0.2, 0) is 9.59 Å². The van der Waals surface area contributed by atoms with Crippen LogP contribution in [0.5, 0.6) is 0 Å². The number of ketones is 1. The fourth-order valence-corrected chi connectivity index (χ4v) is 1.78. The average molecular weight is 256 g/mol. The summed E-state index contributed by atoms with van der Waals surface area (Å²) in [7, 11) is 0. The van der Waals surface area contributed by atoms with Gasteiger partial charge in [0.1, 0.15) is 5.78 Å². The van der Waals surface area contributed by atoms with Crippen molar-refractivity contribution in [3.63, 3.8) is 0 Å². The van der Waals surface area contributed by atoms with Crippen LogP contribution in [0.25, 0.3) is 10.9 Å². The number of hydrogen-bond donors (Lipinski definition) is 1. The largest absolute Gasteiger partial charge is 0.326 e. The van der Waals surface area contributed by atoms with Crippen LogP contribution in [0.15, 0.2) is 30.5 Å². The zero-order valence-corrected chi connectivity index (χ0v) is 10.3. The number of nitrogens with one attached hydrogen (secondary N) is 1. The molecule has 1 heterocycles. The molecule has 5 nitrogen and oxygen atoms in total. The molecule has 2 aromatic rings. The van der Waals surface area contributed by atoms with Crippen molar-refractivity contribution >= 4 is 34.6 Å². The van der Waals surface area contributed by atoms with Gasteiger partial charge < -0.3 is 5.32 Å². The van der Waals surface area contributed by atoms with E-state index in [1.165, 1.54) is 13.1 Å². The third kappa shape index (κ3) is 3.01. The first-order valence-electron chi connectivity index (χ1n) is 5.73. The molecule has 0 aliphatic rings. The number of rotatable bonds is 4. The van der Waals surface area contributed by atoms with Crippen LogP contribution in [0.3, 0.4) is 0 Å². The SMILES string of the molecule is CC(=O)CC(=O)Nc1ccc2c(C=O)ccnc2c1. The van der Waals surface area contributed by atoms with E-state index in [0.29, 0.717) is 16.8 Å². The predicted molar refractivity (Wildman–Crippen MR) is 71.1 cm³/mol. The Labute approximate surface area is 109 Å². The van der Waals surface area contributed by atoms with Gasteiger partial charge in [0, 0.05) is 22.8 Å². The fourth-order valence-electron chi connectivity index (χ4n) is 1.78. The van der Waals surface area contributed by atoms with Crippen LogP contribution >= 0.6 is 0 Å². The molecular weight excluding hydrogens is 244 g/mol. The molecule has 0 bridgehead atoms. The van der Waals surface area contributed by atoms with E-state index in [1.54, 1.807) is 24.3 Å². The van der Waals surface area contributed by atoms with Gasteiger partial charge in [-0.2, -0.15) is 0 Å². The van der Waals surface area contributed by atoms with Crippen LogP contribution in [0.4, 0.5) is 5.69 Å². The number of Topliss-reactive ketones (excluding diaryl/α,β-unsaturated/α-hetero) is 1. The second kappa shape index (κ2) is 5.39. The molecule has 1 amide bonds. The average Bonchev–Trinajstić information content (AvgIpc) is 2.36. The lowest BCUT2D eigenvalue weighted by Crippen LogP contribution is -2.14. The van der Waals surface area contributed by atoms with Crippen molar-refractivity contribution in [2.75, 3.05) is 5.32 Å². The molecule has 1 aromatic carbocycles. The quantitative estimate of drug-likeness (QED) is 0.670. The van der Waals surface area contributed by atoms with Crippen molar-refractivity contribution < 1.29 is 14.4 Å². The summed E-state index contributed by atoms with van der Waals surface area (Å²) in [6, 6.07) is 6.69. The maximum Gasteiger partial charge on any atom is 0.231 e. The summed E-state index contributed by atoms with van der Waals surface area (Å²) in [6.45, 7) is 1.36. The lowest BCUT2D eigenvalue weighted by atomic mass is 10.1. The number of carbonyl (C=O) groups excluding carboxylic acids is 3. The summed E-state index contributed by atoms with van der Waals surface area (Å²) in [5.74, 6) is -0.557. The van der Waals surface area contributed by atoms with E-state index in [0.717, 1.165) is 11.7 Å². The summed E-state index contributed by atoms with van der Waals surface area (Å²) in [6.07, 6.45) is 2.14. The molecule has 0 atom stereocenters. The highest BCUT2D eigenvalue weighted by molar-refractivity contribution is 6.04. The van der Waals surface area contributed by atoms with Gasteiger partial charge in [-0.1, -0.05) is 6.07 Å².